The lowest BCUT2D eigenvalue weighted by atomic mass is 9.99. The van der Waals surface area contributed by atoms with Crippen molar-refractivity contribution in [3.05, 3.63) is 78.1 Å². The lowest BCUT2D eigenvalue weighted by Gasteiger charge is -2.20. The highest BCUT2D eigenvalue weighted by Gasteiger charge is 2.19. The summed E-state index contributed by atoms with van der Waals surface area (Å²) in [6.07, 6.45) is 3.33. The van der Waals surface area contributed by atoms with Crippen molar-refractivity contribution in [3.8, 4) is 5.75 Å². The zero-order chi connectivity index (χ0) is 24.1. The monoisotopic (exact) mass is 467 g/mol. The van der Waals surface area contributed by atoms with Gasteiger partial charge in [0.15, 0.2) is 0 Å². The standard InChI is InChI=1S/C25H29N3O4S/c1-18-14-22(11-12-23(18)32-17-25(2,3)4)33(30,31)21-9-7-20(8-10-21)28-24(29)27-16-19-6-5-13-26-15-19/h5-15H,16-17H2,1-4H3,(H2,27,28,29). The average Bonchev–Trinajstić information content (AvgIpc) is 2.77. The van der Waals surface area contributed by atoms with Crippen LogP contribution in [0.4, 0.5) is 10.5 Å². The number of nitrogens with one attached hydrogen (secondary N) is 2. The fourth-order valence-electron chi connectivity index (χ4n) is 2.96. The second kappa shape index (κ2) is 10.0. The minimum Gasteiger partial charge on any atom is -0.493 e. The molecular formula is C25H29N3O4S. The number of nitrogens with zero attached hydrogens (tertiary/aromatic N) is 1. The Bertz CT molecular complexity index is 1200. The van der Waals surface area contributed by atoms with Crippen LogP contribution >= 0.6 is 0 Å². The van der Waals surface area contributed by atoms with Gasteiger partial charge in [-0.3, -0.25) is 4.98 Å². The maximum Gasteiger partial charge on any atom is 0.319 e. The molecule has 0 radical (unpaired) electrons. The highest BCUT2D eigenvalue weighted by Crippen LogP contribution is 2.28. The van der Waals surface area contributed by atoms with Crippen molar-refractivity contribution in [3.63, 3.8) is 0 Å². The molecule has 0 aliphatic carbocycles. The summed E-state index contributed by atoms with van der Waals surface area (Å²) in [5.74, 6) is 0.667. The zero-order valence-electron chi connectivity index (χ0n) is 19.3. The number of urea groups is 1. The second-order valence-electron chi connectivity index (χ2n) is 8.97. The summed E-state index contributed by atoms with van der Waals surface area (Å²) in [7, 11) is -3.70. The Balaban J connectivity index is 1.65. The molecule has 0 saturated heterocycles. The topological polar surface area (TPSA) is 97.4 Å². The SMILES string of the molecule is Cc1cc(S(=O)(=O)c2ccc(NC(=O)NCc3cccnc3)cc2)ccc1OCC(C)(C)C. The van der Waals surface area contributed by atoms with E-state index >= 15 is 0 Å². The summed E-state index contributed by atoms with van der Waals surface area (Å²) in [6, 6.07) is 14.2. The summed E-state index contributed by atoms with van der Waals surface area (Å²) >= 11 is 0. The number of carbonyl (C=O) groups excluding carboxylic acids is 1. The van der Waals surface area contributed by atoms with Gasteiger partial charge in [0.1, 0.15) is 5.75 Å². The number of amides is 2. The Morgan fingerprint density at radius 1 is 1.03 bits per heavy atom. The molecule has 8 heteroatoms. The van der Waals surface area contributed by atoms with Gasteiger partial charge in [-0.25, -0.2) is 13.2 Å². The molecule has 0 aliphatic rings. The van der Waals surface area contributed by atoms with E-state index in [2.05, 4.69) is 36.4 Å². The van der Waals surface area contributed by atoms with Crippen molar-refractivity contribution in [1.82, 2.24) is 10.3 Å². The number of anilines is 1. The van der Waals surface area contributed by atoms with Gasteiger partial charge in [-0.1, -0.05) is 26.8 Å². The van der Waals surface area contributed by atoms with Crippen molar-refractivity contribution < 1.29 is 17.9 Å². The van der Waals surface area contributed by atoms with E-state index in [9.17, 15) is 13.2 Å². The van der Waals surface area contributed by atoms with Gasteiger partial charge in [-0.2, -0.15) is 0 Å². The minimum atomic E-state index is -3.70. The third-order valence-corrected chi connectivity index (χ3v) is 6.48. The van der Waals surface area contributed by atoms with E-state index < -0.39 is 15.9 Å². The molecular weight excluding hydrogens is 438 g/mol. The van der Waals surface area contributed by atoms with Gasteiger partial charge in [0.2, 0.25) is 9.84 Å². The molecule has 2 N–H and O–H groups in total. The lowest BCUT2D eigenvalue weighted by Crippen LogP contribution is -2.28. The summed E-state index contributed by atoms with van der Waals surface area (Å²) < 4.78 is 32.0. The van der Waals surface area contributed by atoms with E-state index in [0.717, 1.165) is 11.1 Å². The molecule has 0 aliphatic heterocycles. The van der Waals surface area contributed by atoms with Crippen LogP contribution in [-0.4, -0.2) is 26.0 Å². The molecule has 1 heterocycles. The summed E-state index contributed by atoms with van der Waals surface area (Å²) in [6.45, 7) is 8.91. The van der Waals surface area contributed by atoms with Crippen LogP contribution in [-0.2, 0) is 16.4 Å². The first-order chi connectivity index (χ1) is 15.5. The van der Waals surface area contributed by atoms with Crippen LogP contribution in [0.3, 0.4) is 0 Å². The Labute approximate surface area is 195 Å². The maximum atomic E-state index is 13.1. The number of ether oxygens (including phenoxy) is 1. The lowest BCUT2D eigenvalue weighted by molar-refractivity contribution is 0.197. The third-order valence-electron chi connectivity index (χ3n) is 4.72. The molecule has 174 valence electrons. The van der Waals surface area contributed by atoms with E-state index in [1.54, 1.807) is 48.8 Å². The van der Waals surface area contributed by atoms with Crippen molar-refractivity contribution >= 4 is 21.6 Å². The minimum absolute atomic E-state index is 0.00261. The van der Waals surface area contributed by atoms with Crippen molar-refractivity contribution in [2.75, 3.05) is 11.9 Å². The third kappa shape index (κ3) is 6.79. The highest BCUT2D eigenvalue weighted by atomic mass is 32.2. The van der Waals surface area contributed by atoms with Crippen LogP contribution in [0.2, 0.25) is 0 Å². The number of carbonyl (C=O) groups is 1. The molecule has 0 spiro atoms. The van der Waals surface area contributed by atoms with Crippen molar-refractivity contribution in [2.24, 2.45) is 5.41 Å². The fourth-order valence-corrected chi connectivity index (χ4v) is 4.30. The molecule has 0 atom stereocenters. The van der Waals surface area contributed by atoms with E-state index in [4.69, 9.17) is 4.74 Å². The molecule has 3 rings (SSSR count). The first-order valence-electron chi connectivity index (χ1n) is 10.6. The molecule has 2 aromatic carbocycles. The van der Waals surface area contributed by atoms with Crippen molar-refractivity contribution in [2.45, 2.75) is 44.0 Å². The van der Waals surface area contributed by atoms with Crippen LogP contribution in [0, 0.1) is 12.3 Å². The average molecular weight is 468 g/mol. The van der Waals surface area contributed by atoms with Gasteiger partial charge >= 0.3 is 6.03 Å². The number of aryl methyl sites for hydroxylation is 1. The molecule has 2 amide bonds. The normalized spacial score (nSPS) is 11.6. The maximum absolute atomic E-state index is 13.1. The van der Waals surface area contributed by atoms with Gasteiger partial charge in [0.05, 0.1) is 16.4 Å². The van der Waals surface area contributed by atoms with Crippen LogP contribution in [0.5, 0.6) is 5.75 Å². The van der Waals surface area contributed by atoms with Crippen molar-refractivity contribution in [1.29, 1.82) is 0 Å². The van der Waals surface area contributed by atoms with E-state index in [1.807, 2.05) is 13.0 Å². The number of benzene rings is 2. The Morgan fingerprint density at radius 2 is 1.73 bits per heavy atom. The summed E-state index contributed by atoms with van der Waals surface area (Å²) in [5.41, 5.74) is 2.12. The van der Waals surface area contributed by atoms with Gasteiger partial charge in [0.25, 0.3) is 0 Å². The number of rotatable bonds is 7. The highest BCUT2D eigenvalue weighted by molar-refractivity contribution is 7.91. The predicted octanol–water partition coefficient (Wildman–Crippen LogP) is 4.97. The first-order valence-corrected chi connectivity index (χ1v) is 12.1. The number of aromatic nitrogens is 1. The Hall–Kier alpha value is -3.39. The van der Waals surface area contributed by atoms with Crippen LogP contribution < -0.4 is 15.4 Å². The number of hydrogen-bond donors (Lipinski definition) is 2. The predicted molar refractivity (Wildman–Crippen MR) is 128 cm³/mol. The number of sulfone groups is 1. The molecule has 0 saturated carbocycles. The molecule has 0 bridgehead atoms. The molecule has 7 nitrogen and oxygen atoms in total. The van der Waals surface area contributed by atoms with Gasteiger partial charge in [-0.15, -0.1) is 0 Å². The molecule has 0 fully saturated rings. The Kier molecular flexibility index (Phi) is 7.38. The molecule has 1 aromatic heterocycles. The first kappa shape index (κ1) is 24.3. The van der Waals surface area contributed by atoms with Crippen LogP contribution in [0.1, 0.15) is 31.9 Å². The van der Waals surface area contributed by atoms with E-state index in [-0.39, 0.29) is 15.2 Å². The van der Waals surface area contributed by atoms with E-state index in [0.29, 0.717) is 24.6 Å². The van der Waals surface area contributed by atoms with Gasteiger partial charge in [0, 0.05) is 24.6 Å². The largest absolute Gasteiger partial charge is 0.493 e. The van der Waals surface area contributed by atoms with Gasteiger partial charge in [-0.05, 0) is 72.0 Å². The fraction of sp³-hybridized carbons (Fsp3) is 0.280. The quantitative estimate of drug-likeness (QED) is 0.511. The smallest absolute Gasteiger partial charge is 0.319 e. The van der Waals surface area contributed by atoms with Crippen LogP contribution in [0.15, 0.2) is 76.8 Å². The number of hydrogen-bond acceptors (Lipinski definition) is 5. The molecule has 3 aromatic rings. The molecule has 0 unspecified atom stereocenters. The summed E-state index contributed by atoms with van der Waals surface area (Å²) in [4.78, 5) is 16.4. The van der Waals surface area contributed by atoms with Crippen LogP contribution in [0.25, 0.3) is 0 Å². The zero-order valence-corrected chi connectivity index (χ0v) is 20.1. The second-order valence-corrected chi connectivity index (χ2v) is 10.9. The summed E-state index contributed by atoms with van der Waals surface area (Å²) in [5, 5.41) is 5.42. The Morgan fingerprint density at radius 3 is 2.33 bits per heavy atom. The van der Waals surface area contributed by atoms with Gasteiger partial charge < -0.3 is 15.4 Å². The molecule has 33 heavy (non-hydrogen) atoms. The number of pyridine rings is 1. The van der Waals surface area contributed by atoms with E-state index in [1.165, 1.54) is 12.1 Å².